The van der Waals surface area contributed by atoms with Crippen LogP contribution in [0.4, 0.5) is 5.69 Å². The maximum absolute atomic E-state index is 13.3. The molecule has 164 valence electrons. The second-order valence-corrected chi connectivity index (χ2v) is 10.6. The number of sulfonamides is 1. The van der Waals surface area contributed by atoms with Gasteiger partial charge in [0.2, 0.25) is 10.0 Å². The fourth-order valence-electron chi connectivity index (χ4n) is 3.65. The van der Waals surface area contributed by atoms with Crippen molar-refractivity contribution in [3.63, 3.8) is 0 Å². The molecule has 0 radical (unpaired) electrons. The molecule has 1 aliphatic rings. The molecule has 0 spiro atoms. The van der Waals surface area contributed by atoms with Crippen LogP contribution in [-0.2, 0) is 10.0 Å². The third-order valence-electron chi connectivity index (χ3n) is 5.18. The van der Waals surface area contributed by atoms with E-state index in [1.807, 2.05) is 24.3 Å². The molecule has 1 saturated heterocycles. The van der Waals surface area contributed by atoms with Crippen LogP contribution < -0.4 is 10.1 Å². The van der Waals surface area contributed by atoms with Gasteiger partial charge < -0.3 is 10.1 Å². The number of nitrogens with one attached hydrogen (secondary N) is 1. The Balaban J connectivity index is 1.66. The number of amides is 1. The number of halogens is 1. The van der Waals surface area contributed by atoms with Gasteiger partial charge in [-0.05, 0) is 44.0 Å². The van der Waals surface area contributed by atoms with Crippen molar-refractivity contribution in [1.29, 1.82) is 0 Å². The molecule has 1 aromatic heterocycles. The van der Waals surface area contributed by atoms with Crippen LogP contribution in [0.3, 0.4) is 0 Å². The van der Waals surface area contributed by atoms with Crippen LogP contribution in [0, 0.1) is 0 Å². The number of nitrogens with zero attached hydrogens (tertiary/aromatic N) is 1. The van der Waals surface area contributed by atoms with Crippen LogP contribution in [0.5, 0.6) is 5.75 Å². The van der Waals surface area contributed by atoms with Crippen LogP contribution in [0.2, 0.25) is 5.02 Å². The highest BCUT2D eigenvalue weighted by molar-refractivity contribution is 7.89. The van der Waals surface area contributed by atoms with Crippen molar-refractivity contribution in [2.24, 2.45) is 0 Å². The van der Waals surface area contributed by atoms with Gasteiger partial charge in [0.1, 0.15) is 15.5 Å². The van der Waals surface area contributed by atoms with Crippen LogP contribution in [0.1, 0.15) is 35.9 Å². The second kappa shape index (κ2) is 9.16. The van der Waals surface area contributed by atoms with E-state index in [1.165, 1.54) is 21.7 Å². The first-order valence-electron chi connectivity index (χ1n) is 10.2. The molecule has 31 heavy (non-hydrogen) atoms. The Hall–Kier alpha value is -2.13. The minimum Gasteiger partial charge on any atom is -0.492 e. The summed E-state index contributed by atoms with van der Waals surface area (Å²) in [5, 5.41) is 4.01. The summed E-state index contributed by atoms with van der Waals surface area (Å²) in [6, 6.07) is 12.2. The van der Waals surface area contributed by atoms with Crippen LogP contribution in [0.25, 0.3) is 10.1 Å². The van der Waals surface area contributed by atoms with Crippen LogP contribution in [-0.4, -0.2) is 38.3 Å². The predicted octanol–water partition coefficient (Wildman–Crippen LogP) is 5.38. The fourth-order valence-corrected chi connectivity index (χ4v) is 6.74. The molecule has 0 atom stereocenters. The minimum absolute atomic E-state index is 0.0662. The number of piperidine rings is 1. The molecule has 3 aromatic rings. The Morgan fingerprint density at radius 2 is 1.90 bits per heavy atom. The average Bonchev–Trinajstić information content (AvgIpc) is 3.12. The molecular weight excluding hydrogens is 456 g/mol. The molecule has 6 nitrogen and oxygen atoms in total. The first kappa shape index (κ1) is 22.1. The Labute approximate surface area is 190 Å². The fraction of sp³-hybridized carbons (Fsp3) is 0.318. The summed E-state index contributed by atoms with van der Waals surface area (Å²) in [6.07, 6.45) is 2.70. The van der Waals surface area contributed by atoms with Gasteiger partial charge >= 0.3 is 0 Å². The lowest BCUT2D eigenvalue weighted by atomic mass is 10.2. The molecule has 0 unspecified atom stereocenters. The third-order valence-corrected chi connectivity index (χ3v) is 8.77. The van der Waals surface area contributed by atoms with E-state index >= 15 is 0 Å². The summed E-state index contributed by atoms with van der Waals surface area (Å²) in [5.41, 5.74) is 0.373. The lowest BCUT2D eigenvalue weighted by molar-refractivity contribution is 0.103. The molecule has 1 fully saturated rings. The van der Waals surface area contributed by atoms with E-state index in [4.69, 9.17) is 16.3 Å². The molecule has 1 amide bonds. The third kappa shape index (κ3) is 4.43. The highest BCUT2D eigenvalue weighted by atomic mass is 35.5. The van der Waals surface area contributed by atoms with Gasteiger partial charge in [-0.3, -0.25) is 4.79 Å². The topological polar surface area (TPSA) is 75.7 Å². The zero-order chi connectivity index (χ0) is 22.0. The van der Waals surface area contributed by atoms with Crippen molar-refractivity contribution >= 4 is 54.6 Å². The lowest BCUT2D eigenvalue weighted by Gasteiger charge is -2.27. The van der Waals surface area contributed by atoms with E-state index in [0.29, 0.717) is 35.3 Å². The molecule has 1 aliphatic heterocycles. The zero-order valence-electron chi connectivity index (χ0n) is 17.1. The van der Waals surface area contributed by atoms with Gasteiger partial charge in [-0.1, -0.05) is 36.2 Å². The van der Waals surface area contributed by atoms with Gasteiger partial charge in [0.25, 0.3) is 5.91 Å². The molecule has 2 heterocycles. The van der Waals surface area contributed by atoms with Gasteiger partial charge in [-0.25, -0.2) is 8.42 Å². The lowest BCUT2D eigenvalue weighted by Crippen LogP contribution is -2.35. The Morgan fingerprint density at radius 1 is 1.16 bits per heavy atom. The Morgan fingerprint density at radius 3 is 2.61 bits per heavy atom. The van der Waals surface area contributed by atoms with Gasteiger partial charge in [-0.15, -0.1) is 11.3 Å². The molecule has 0 bridgehead atoms. The zero-order valence-corrected chi connectivity index (χ0v) is 19.4. The summed E-state index contributed by atoms with van der Waals surface area (Å²) in [5.74, 6) is -0.0948. The summed E-state index contributed by atoms with van der Waals surface area (Å²) in [4.78, 5) is 13.4. The van der Waals surface area contributed by atoms with Gasteiger partial charge in [0, 0.05) is 28.9 Å². The number of benzene rings is 2. The molecular formula is C22H23ClN2O4S2. The van der Waals surface area contributed by atoms with Crippen LogP contribution in [0.15, 0.2) is 47.4 Å². The number of fused-ring (bicyclic) bond motifs is 1. The van der Waals surface area contributed by atoms with E-state index in [1.54, 1.807) is 19.1 Å². The van der Waals surface area contributed by atoms with Crippen molar-refractivity contribution in [1.82, 2.24) is 4.31 Å². The Bertz CT molecular complexity index is 1220. The van der Waals surface area contributed by atoms with Crippen LogP contribution >= 0.6 is 22.9 Å². The van der Waals surface area contributed by atoms with E-state index in [9.17, 15) is 13.2 Å². The highest BCUT2D eigenvalue weighted by Crippen LogP contribution is 2.36. The summed E-state index contributed by atoms with van der Waals surface area (Å²) in [6.45, 7) is 3.12. The first-order chi connectivity index (χ1) is 14.9. The quantitative estimate of drug-likeness (QED) is 0.516. The molecule has 1 N–H and O–H groups in total. The number of ether oxygens (including phenoxy) is 1. The largest absolute Gasteiger partial charge is 0.492 e. The molecule has 0 aliphatic carbocycles. The highest BCUT2D eigenvalue weighted by Gasteiger charge is 2.29. The number of hydrogen-bond acceptors (Lipinski definition) is 5. The summed E-state index contributed by atoms with van der Waals surface area (Å²) < 4.78 is 34.5. The average molecular weight is 479 g/mol. The van der Waals surface area contributed by atoms with E-state index in [-0.39, 0.29) is 16.6 Å². The SMILES string of the molecule is CCOc1ccc(NC(=O)c2sc3ccccc3c2Cl)cc1S(=O)(=O)N1CCCCC1. The number of carbonyl (C=O) groups excluding carboxylic acids is 1. The van der Waals surface area contributed by atoms with Crippen molar-refractivity contribution in [3.05, 3.63) is 52.4 Å². The number of hydrogen-bond donors (Lipinski definition) is 1. The van der Waals surface area contributed by atoms with E-state index in [2.05, 4.69) is 5.32 Å². The molecule has 4 rings (SSSR count). The molecule has 0 saturated carbocycles. The van der Waals surface area contributed by atoms with Crippen molar-refractivity contribution in [2.75, 3.05) is 25.0 Å². The standard InChI is InChI=1S/C22H23ClN2O4S2/c1-2-29-17-11-10-15(14-19(17)31(27,28)25-12-6-3-7-13-25)24-22(26)21-20(23)16-8-4-5-9-18(16)30-21/h4-5,8-11,14H,2-3,6-7,12-13H2,1H3,(H,24,26). The minimum atomic E-state index is -3.73. The van der Waals surface area contributed by atoms with E-state index in [0.717, 1.165) is 29.3 Å². The predicted molar refractivity (Wildman–Crippen MR) is 125 cm³/mol. The first-order valence-corrected chi connectivity index (χ1v) is 12.8. The van der Waals surface area contributed by atoms with E-state index < -0.39 is 10.0 Å². The van der Waals surface area contributed by atoms with Gasteiger partial charge in [-0.2, -0.15) is 4.31 Å². The maximum Gasteiger partial charge on any atom is 0.267 e. The van der Waals surface area contributed by atoms with Crippen molar-refractivity contribution < 1.29 is 17.9 Å². The number of rotatable bonds is 6. The molecule has 9 heteroatoms. The maximum atomic E-state index is 13.3. The Kier molecular flexibility index (Phi) is 6.52. The second-order valence-electron chi connectivity index (χ2n) is 7.25. The summed E-state index contributed by atoms with van der Waals surface area (Å²) in [7, 11) is -3.73. The number of anilines is 1. The van der Waals surface area contributed by atoms with Crippen molar-refractivity contribution in [2.45, 2.75) is 31.1 Å². The number of thiophene rings is 1. The monoisotopic (exact) mass is 478 g/mol. The van der Waals surface area contributed by atoms with Crippen molar-refractivity contribution in [3.8, 4) is 5.75 Å². The normalized spacial score (nSPS) is 15.2. The molecule has 2 aromatic carbocycles. The summed E-state index contributed by atoms with van der Waals surface area (Å²) >= 11 is 7.72. The van der Waals surface area contributed by atoms with Gasteiger partial charge in [0.15, 0.2) is 0 Å². The smallest absolute Gasteiger partial charge is 0.267 e. The van der Waals surface area contributed by atoms with Gasteiger partial charge in [0.05, 0.1) is 11.6 Å². The number of carbonyl (C=O) groups is 1.